The molecule has 42 heavy (non-hydrogen) atoms. The molecule has 1 aliphatic heterocycles. The minimum absolute atomic E-state index is 0. The predicted molar refractivity (Wildman–Crippen MR) is 148 cm³/mol. The Morgan fingerprint density at radius 2 is 1.88 bits per heavy atom. The molecule has 4 heterocycles. The van der Waals surface area contributed by atoms with E-state index in [1.165, 1.54) is 46.9 Å². The molecule has 0 spiro atoms. The van der Waals surface area contributed by atoms with Gasteiger partial charge in [0.15, 0.2) is 5.82 Å². The van der Waals surface area contributed by atoms with Gasteiger partial charge in [-0.05, 0) is 50.6 Å². The van der Waals surface area contributed by atoms with E-state index < -0.39 is 40.4 Å². The Labute approximate surface area is 286 Å². The van der Waals surface area contributed by atoms with Gasteiger partial charge < -0.3 is 22.6 Å². The van der Waals surface area contributed by atoms with E-state index >= 15 is 0 Å². The van der Waals surface area contributed by atoms with Crippen molar-refractivity contribution in [2.45, 2.75) is 63.7 Å². The Morgan fingerprint density at radius 1 is 1.21 bits per heavy atom. The Balaban J connectivity index is 0.00000484. The third kappa shape index (κ3) is 7.23. The third-order valence-corrected chi connectivity index (χ3v) is 8.63. The van der Waals surface area contributed by atoms with E-state index in [0.717, 1.165) is 20.3 Å². The van der Waals surface area contributed by atoms with Crippen LogP contribution in [0.1, 0.15) is 57.1 Å². The average Bonchev–Trinajstić information content (AvgIpc) is 3.52. The van der Waals surface area contributed by atoms with Crippen LogP contribution in [0.15, 0.2) is 35.5 Å². The Bertz CT molecular complexity index is 1570. The number of aryl methyl sites for hydroxylation is 2. The molecular formula is C25H34BF3KN7O4S. The largest absolute Gasteiger partial charge is 1.00 e. The molecule has 0 aromatic carbocycles. The summed E-state index contributed by atoms with van der Waals surface area (Å²) in [4.78, 5) is 19.9. The molecule has 1 fully saturated rings. The van der Waals surface area contributed by atoms with E-state index in [4.69, 9.17) is 4.74 Å². The zero-order valence-electron chi connectivity index (χ0n) is 25.0. The van der Waals surface area contributed by atoms with Gasteiger partial charge in [0.2, 0.25) is 5.88 Å². The zero-order chi connectivity index (χ0) is 30.5. The molecular weight excluding hydrogens is 601 g/mol. The summed E-state index contributed by atoms with van der Waals surface area (Å²) in [5.41, 5.74) is -0.117. The van der Waals surface area contributed by atoms with Crippen LogP contribution in [-0.4, -0.2) is 64.5 Å². The van der Waals surface area contributed by atoms with Crippen molar-refractivity contribution in [1.29, 1.82) is 0 Å². The molecule has 0 bridgehead atoms. The number of hydrogen-bond acceptors (Lipinski definition) is 8. The molecule has 4 rings (SSSR count). The number of carbonyl (C=O) groups is 1. The van der Waals surface area contributed by atoms with Crippen molar-refractivity contribution < 1.29 is 82.3 Å². The summed E-state index contributed by atoms with van der Waals surface area (Å²) in [6.07, 6.45) is 3.61. The van der Waals surface area contributed by atoms with Gasteiger partial charge in [0, 0.05) is 37.6 Å². The topological polar surface area (TPSA) is 124 Å². The minimum atomic E-state index is -5.13. The fraction of sp³-hybridized carbons (Fsp3) is 0.520. The molecule has 224 valence electrons. The van der Waals surface area contributed by atoms with Gasteiger partial charge in [0.25, 0.3) is 15.9 Å². The second-order valence-corrected chi connectivity index (χ2v) is 13.6. The SMILES string of the molecule is Cc1nn(C)cc1S(=O)(=O)NC(=O)c1ccc(-n2ccc(OCC(C)(C)[B-](F)(F)F)n2)nc1N1C[C@@H](C)CC1(C)C.[K+]. The van der Waals surface area contributed by atoms with Crippen LogP contribution in [0.4, 0.5) is 18.8 Å². The van der Waals surface area contributed by atoms with Crippen LogP contribution in [0.2, 0.25) is 5.31 Å². The maximum atomic E-state index is 13.4. The van der Waals surface area contributed by atoms with E-state index in [-0.39, 0.29) is 91.0 Å². The molecule has 1 amide bonds. The van der Waals surface area contributed by atoms with E-state index in [1.54, 1.807) is 7.05 Å². The van der Waals surface area contributed by atoms with E-state index in [9.17, 15) is 26.2 Å². The quantitative estimate of drug-likeness (QED) is 0.347. The first kappa shape index (κ1) is 34.6. The molecule has 17 heteroatoms. The number of carbonyl (C=O) groups excluding carboxylic acids is 1. The third-order valence-electron chi connectivity index (χ3n) is 7.20. The number of anilines is 1. The number of nitrogens with zero attached hydrogens (tertiary/aromatic N) is 6. The summed E-state index contributed by atoms with van der Waals surface area (Å²) in [7, 11) is -2.65. The maximum Gasteiger partial charge on any atom is 1.00 e. The van der Waals surface area contributed by atoms with E-state index in [2.05, 4.69) is 26.8 Å². The smallest absolute Gasteiger partial charge is 0.479 e. The van der Waals surface area contributed by atoms with Crippen molar-refractivity contribution >= 4 is 28.7 Å². The van der Waals surface area contributed by atoms with Crippen LogP contribution in [-0.2, 0) is 17.1 Å². The average molecular weight is 636 g/mol. The summed E-state index contributed by atoms with van der Waals surface area (Å²) in [6.45, 7) is 4.58. The van der Waals surface area contributed by atoms with Crippen molar-refractivity contribution in [2.24, 2.45) is 13.0 Å². The number of halogens is 3. The van der Waals surface area contributed by atoms with Crippen LogP contribution in [0, 0.1) is 12.8 Å². The molecule has 0 radical (unpaired) electrons. The first-order valence-corrected chi connectivity index (χ1v) is 14.5. The van der Waals surface area contributed by atoms with Gasteiger partial charge in [-0.2, -0.15) is 5.10 Å². The standard InChI is InChI=1S/C25H34BF3N7O4S.K/c1-16-12-25(5,6)35(13-16)22-18(23(37)33-41(38,39)19-14-34(7)31-17(19)2)8-9-20(30-22)36-11-10-21(32-36)40-15-24(3,4)26(27,28)29;/h8-11,14,16H,12-13,15H2,1-7H3,(H,33,37);/q-1;+1/t16-;/m0./s1. The summed E-state index contributed by atoms with van der Waals surface area (Å²) >= 11 is 0. The van der Waals surface area contributed by atoms with Crippen molar-refractivity contribution in [2.75, 3.05) is 18.1 Å². The molecule has 0 saturated carbocycles. The van der Waals surface area contributed by atoms with Gasteiger partial charge in [-0.3, -0.25) is 9.48 Å². The second-order valence-electron chi connectivity index (χ2n) is 11.9. The molecule has 1 aliphatic rings. The van der Waals surface area contributed by atoms with Gasteiger partial charge in [0.05, 0.1) is 17.9 Å². The van der Waals surface area contributed by atoms with Crippen LogP contribution < -0.4 is 65.7 Å². The summed E-state index contributed by atoms with van der Waals surface area (Å²) in [6, 6.07) is 4.35. The first-order valence-electron chi connectivity index (χ1n) is 13.0. The first-order chi connectivity index (χ1) is 18.8. The number of rotatable bonds is 9. The number of amides is 1. The fourth-order valence-corrected chi connectivity index (χ4v) is 6.03. The number of ether oxygens (including phenoxy) is 1. The summed E-state index contributed by atoms with van der Waals surface area (Å²) < 4.78 is 76.0. The van der Waals surface area contributed by atoms with E-state index in [0.29, 0.717) is 6.54 Å². The van der Waals surface area contributed by atoms with Crippen LogP contribution in [0.5, 0.6) is 5.88 Å². The molecule has 11 nitrogen and oxygen atoms in total. The summed E-state index contributed by atoms with van der Waals surface area (Å²) in [5.74, 6) is -0.0791. The van der Waals surface area contributed by atoms with Crippen molar-refractivity contribution in [3.63, 3.8) is 0 Å². The van der Waals surface area contributed by atoms with Crippen LogP contribution in [0.3, 0.4) is 0 Å². The molecule has 1 saturated heterocycles. The Morgan fingerprint density at radius 3 is 2.43 bits per heavy atom. The van der Waals surface area contributed by atoms with Gasteiger partial charge >= 0.3 is 58.4 Å². The van der Waals surface area contributed by atoms with Crippen molar-refractivity contribution in [3.05, 3.63) is 41.9 Å². The van der Waals surface area contributed by atoms with Gasteiger partial charge in [-0.1, -0.05) is 20.8 Å². The normalized spacial score (nSPS) is 17.2. The van der Waals surface area contributed by atoms with Gasteiger partial charge in [-0.15, -0.1) is 5.10 Å². The van der Waals surface area contributed by atoms with Gasteiger partial charge in [-0.25, -0.2) is 22.8 Å². The molecule has 0 aliphatic carbocycles. The second kappa shape index (κ2) is 12.2. The monoisotopic (exact) mass is 635 g/mol. The number of sulfonamides is 1. The Kier molecular flexibility index (Phi) is 10.1. The van der Waals surface area contributed by atoms with E-state index in [1.807, 2.05) is 18.7 Å². The number of hydrogen-bond donors (Lipinski definition) is 1. The predicted octanol–water partition coefficient (Wildman–Crippen LogP) is 1.06. The molecule has 3 aromatic heterocycles. The van der Waals surface area contributed by atoms with Crippen molar-refractivity contribution in [1.82, 2.24) is 29.3 Å². The minimum Gasteiger partial charge on any atom is -0.479 e. The van der Waals surface area contributed by atoms with Crippen molar-refractivity contribution in [3.8, 4) is 11.7 Å². The molecule has 1 atom stereocenters. The maximum absolute atomic E-state index is 13.4. The number of pyridine rings is 1. The van der Waals surface area contributed by atoms with Crippen LogP contribution in [0.25, 0.3) is 5.82 Å². The molecule has 1 N–H and O–H groups in total. The van der Waals surface area contributed by atoms with Crippen LogP contribution >= 0.6 is 0 Å². The fourth-order valence-electron chi connectivity index (χ4n) is 4.85. The summed E-state index contributed by atoms with van der Waals surface area (Å²) in [5, 5.41) is 6.24. The zero-order valence-corrected chi connectivity index (χ0v) is 29.0. The number of aromatic nitrogens is 5. The Hall–Kier alpha value is -1.92. The molecule has 3 aromatic rings. The van der Waals surface area contributed by atoms with Gasteiger partial charge in [0.1, 0.15) is 10.7 Å². The molecule has 0 unspecified atom stereocenters. The number of nitrogens with one attached hydrogen (secondary N) is 1.